The summed E-state index contributed by atoms with van der Waals surface area (Å²) in [6.45, 7) is 1.94. The minimum absolute atomic E-state index is 0.0339. The third-order valence-electron chi connectivity index (χ3n) is 3.06. The normalized spacial score (nSPS) is 13.7. The molecule has 0 spiro atoms. The maximum Gasteiger partial charge on any atom is 0.237 e. The lowest BCUT2D eigenvalue weighted by atomic mass is 10.1. The van der Waals surface area contributed by atoms with Crippen molar-refractivity contribution >= 4 is 17.2 Å². The second kappa shape index (κ2) is 6.54. The molecule has 1 aromatic heterocycles. The van der Waals surface area contributed by atoms with Gasteiger partial charge in [0.1, 0.15) is 5.75 Å². The van der Waals surface area contributed by atoms with Gasteiger partial charge in [0.05, 0.1) is 12.1 Å². The van der Waals surface area contributed by atoms with E-state index in [1.165, 1.54) is 0 Å². The predicted molar refractivity (Wildman–Crippen MR) is 80.7 cm³/mol. The van der Waals surface area contributed by atoms with Gasteiger partial charge in [-0.1, -0.05) is 18.2 Å². The van der Waals surface area contributed by atoms with Crippen molar-refractivity contribution in [3.8, 4) is 5.75 Å². The molecule has 0 saturated heterocycles. The quantitative estimate of drug-likeness (QED) is 0.790. The average Bonchev–Trinajstić information content (AvgIpc) is 2.95. The minimum Gasteiger partial charge on any atom is -0.508 e. The molecule has 1 heterocycles. The monoisotopic (exact) mass is 290 g/mol. The lowest BCUT2D eigenvalue weighted by Crippen LogP contribution is -2.42. The highest BCUT2D eigenvalue weighted by molar-refractivity contribution is 7.10. The molecule has 0 fully saturated rings. The third kappa shape index (κ3) is 3.82. The Balaban J connectivity index is 1.90. The zero-order valence-corrected chi connectivity index (χ0v) is 12.1. The fourth-order valence-electron chi connectivity index (χ4n) is 1.91. The smallest absolute Gasteiger partial charge is 0.237 e. The van der Waals surface area contributed by atoms with Gasteiger partial charge in [-0.15, -0.1) is 11.3 Å². The molecular formula is C15H18N2O2S. The zero-order valence-electron chi connectivity index (χ0n) is 11.2. The van der Waals surface area contributed by atoms with Crippen LogP contribution in [0.5, 0.6) is 5.75 Å². The highest BCUT2D eigenvalue weighted by Gasteiger charge is 2.17. The summed E-state index contributed by atoms with van der Waals surface area (Å²) in [7, 11) is 0. The van der Waals surface area contributed by atoms with Crippen LogP contribution in [0.4, 0.5) is 0 Å². The van der Waals surface area contributed by atoms with E-state index < -0.39 is 6.04 Å². The molecule has 2 unspecified atom stereocenters. The van der Waals surface area contributed by atoms with Gasteiger partial charge in [0.25, 0.3) is 0 Å². The van der Waals surface area contributed by atoms with E-state index in [4.69, 9.17) is 5.73 Å². The number of amides is 1. The number of carbonyl (C=O) groups excluding carboxylic acids is 1. The first-order valence-electron chi connectivity index (χ1n) is 6.43. The fourth-order valence-corrected chi connectivity index (χ4v) is 2.64. The Labute approximate surface area is 122 Å². The number of hydrogen-bond acceptors (Lipinski definition) is 4. The summed E-state index contributed by atoms with van der Waals surface area (Å²) in [6.07, 6.45) is 0.448. The summed E-state index contributed by atoms with van der Waals surface area (Å²) in [5.74, 6) is 0.0389. The van der Waals surface area contributed by atoms with Crippen LogP contribution in [0, 0.1) is 0 Å². The van der Waals surface area contributed by atoms with Gasteiger partial charge in [0.2, 0.25) is 5.91 Å². The van der Waals surface area contributed by atoms with E-state index in [2.05, 4.69) is 5.32 Å². The average molecular weight is 290 g/mol. The van der Waals surface area contributed by atoms with E-state index in [9.17, 15) is 9.90 Å². The van der Waals surface area contributed by atoms with Gasteiger partial charge in [-0.05, 0) is 42.5 Å². The van der Waals surface area contributed by atoms with Crippen LogP contribution in [0.2, 0.25) is 0 Å². The number of aromatic hydroxyl groups is 1. The lowest BCUT2D eigenvalue weighted by Gasteiger charge is -2.16. The summed E-state index contributed by atoms with van der Waals surface area (Å²) in [6, 6.07) is 10.0. The number of phenols is 1. The fraction of sp³-hybridized carbons (Fsp3) is 0.267. The van der Waals surface area contributed by atoms with Gasteiger partial charge in [0, 0.05) is 4.88 Å². The van der Waals surface area contributed by atoms with Crippen LogP contribution in [0.1, 0.15) is 23.4 Å². The van der Waals surface area contributed by atoms with Gasteiger partial charge < -0.3 is 16.2 Å². The van der Waals surface area contributed by atoms with Crippen LogP contribution in [0.25, 0.3) is 0 Å². The predicted octanol–water partition coefficient (Wildman–Crippen LogP) is 2.20. The van der Waals surface area contributed by atoms with Crippen molar-refractivity contribution in [1.29, 1.82) is 0 Å². The number of phenolic OH excluding ortho intramolecular Hbond substituents is 1. The summed E-state index contributed by atoms with van der Waals surface area (Å²) in [4.78, 5) is 13.1. The summed E-state index contributed by atoms with van der Waals surface area (Å²) >= 11 is 1.61. The number of thiophene rings is 1. The number of hydrogen-bond donors (Lipinski definition) is 3. The Morgan fingerprint density at radius 1 is 1.35 bits per heavy atom. The summed E-state index contributed by atoms with van der Waals surface area (Å²) in [5.41, 5.74) is 6.84. The molecule has 5 heteroatoms. The van der Waals surface area contributed by atoms with Gasteiger partial charge in [0.15, 0.2) is 0 Å². The molecule has 1 aromatic carbocycles. The van der Waals surface area contributed by atoms with Crippen molar-refractivity contribution in [3.05, 3.63) is 52.2 Å². The second-order valence-electron chi connectivity index (χ2n) is 4.72. The van der Waals surface area contributed by atoms with E-state index in [0.717, 1.165) is 10.4 Å². The lowest BCUT2D eigenvalue weighted by molar-refractivity contribution is -0.122. The van der Waals surface area contributed by atoms with Gasteiger partial charge in [-0.3, -0.25) is 4.79 Å². The first kappa shape index (κ1) is 14.6. The van der Waals surface area contributed by atoms with Gasteiger partial charge in [-0.25, -0.2) is 0 Å². The molecule has 1 amide bonds. The van der Waals surface area contributed by atoms with Crippen molar-refractivity contribution in [2.75, 3.05) is 0 Å². The maximum atomic E-state index is 12.0. The molecule has 20 heavy (non-hydrogen) atoms. The first-order valence-corrected chi connectivity index (χ1v) is 7.31. The van der Waals surface area contributed by atoms with Crippen LogP contribution in [-0.2, 0) is 11.2 Å². The summed E-state index contributed by atoms with van der Waals surface area (Å²) in [5, 5.41) is 14.1. The maximum absolute atomic E-state index is 12.0. The Bertz CT molecular complexity index is 552. The Morgan fingerprint density at radius 3 is 2.65 bits per heavy atom. The molecule has 106 valence electrons. The molecule has 2 rings (SSSR count). The van der Waals surface area contributed by atoms with Crippen molar-refractivity contribution in [3.63, 3.8) is 0 Å². The van der Waals surface area contributed by atoms with Crippen LogP contribution in [0.3, 0.4) is 0 Å². The third-order valence-corrected chi connectivity index (χ3v) is 4.11. The first-order chi connectivity index (χ1) is 9.56. The molecule has 0 bridgehead atoms. The SMILES string of the molecule is CC(NC(=O)C(N)Cc1ccc(O)cc1)c1cccs1. The van der Waals surface area contributed by atoms with Crippen LogP contribution < -0.4 is 11.1 Å². The molecule has 0 aliphatic carbocycles. The Hall–Kier alpha value is -1.85. The molecule has 4 nitrogen and oxygen atoms in total. The summed E-state index contributed by atoms with van der Waals surface area (Å²) < 4.78 is 0. The number of nitrogens with one attached hydrogen (secondary N) is 1. The van der Waals surface area contributed by atoms with E-state index in [0.29, 0.717) is 6.42 Å². The largest absolute Gasteiger partial charge is 0.508 e. The molecule has 0 saturated carbocycles. The minimum atomic E-state index is -0.595. The Kier molecular flexibility index (Phi) is 4.76. The molecule has 0 radical (unpaired) electrons. The number of rotatable bonds is 5. The van der Waals surface area contributed by atoms with Crippen LogP contribution in [-0.4, -0.2) is 17.1 Å². The molecule has 4 N–H and O–H groups in total. The van der Waals surface area contributed by atoms with Crippen molar-refractivity contribution in [1.82, 2.24) is 5.32 Å². The van der Waals surface area contributed by atoms with Gasteiger partial charge >= 0.3 is 0 Å². The van der Waals surface area contributed by atoms with Crippen molar-refractivity contribution < 1.29 is 9.90 Å². The Morgan fingerprint density at radius 2 is 2.05 bits per heavy atom. The van der Waals surface area contributed by atoms with Crippen molar-refractivity contribution in [2.45, 2.75) is 25.4 Å². The number of benzene rings is 1. The highest BCUT2D eigenvalue weighted by Crippen LogP contribution is 2.18. The number of carbonyl (C=O) groups is 1. The zero-order chi connectivity index (χ0) is 14.5. The van der Waals surface area contributed by atoms with Crippen LogP contribution >= 0.6 is 11.3 Å². The van der Waals surface area contributed by atoms with E-state index in [1.807, 2.05) is 24.4 Å². The topological polar surface area (TPSA) is 75.4 Å². The van der Waals surface area contributed by atoms with Gasteiger partial charge in [-0.2, -0.15) is 0 Å². The van der Waals surface area contributed by atoms with E-state index in [-0.39, 0.29) is 17.7 Å². The second-order valence-corrected chi connectivity index (χ2v) is 5.70. The molecule has 2 atom stereocenters. The highest BCUT2D eigenvalue weighted by atomic mass is 32.1. The van der Waals surface area contributed by atoms with E-state index >= 15 is 0 Å². The number of nitrogens with two attached hydrogens (primary N) is 1. The molecule has 0 aliphatic heterocycles. The van der Waals surface area contributed by atoms with Crippen LogP contribution in [0.15, 0.2) is 41.8 Å². The van der Waals surface area contributed by atoms with Crippen molar-refractivity contribution in [2.24, 2.45) is 5.73 Å². The standard InChI is InChI=1S/C15H18N2O2S/c1-10(14-3-2-8-20-14)17-15(19)13(16)9-11-4-6-12(18)7-5-11/h2-8,10,13,18H,9,16H2,1H3,(H,17,19). The molecular weight excluding hydrogens is 272 g/mol. The molecule has 2 aromatic rings. The molecule has 0 aliphatic rings. The van der Waals surface area contributed by atoms with E-state index in [1.54, 1.807) is 35.6 Å².